The summed E-state index contributed by atoms with van der Waals surface area (Å²) in [4.78, 5) is 0. The van der Waals surface area contributed by atoms with Crippen molar-refractivity contribution in [3.8, 4) is 5.75 Å². The fraction of sp³-hybridized carbons (Fsp3) is 0.133. The average molecular weight is 335 g/mol. The van der Waals surface area contributed by atoms with Gasteiger partial charge in [-0.3, -0.25) is 0 Å². The third kappa shape index (κ3) is 3.30. The van der Waals surface area contributed by atoms with Crippen LogP contribution in [0.3, 0.4) is 0 Å². The molecule has 0 fully saturated rings. The van der Waals surface area contributed by atoms with Crippen LogP contribution in [0.25, 0.3) is 0 Å². The second-order valence-corrected chi connectivity index (χ2v) is 5.27. The second kappa shape index (κ2) is 6.43. The lowest BCUT2D eigenvalue weighted by molar-refractivity contribution is 0.301. The summed E-state index contributed by atoms with van der Waals surface area (Å²) >= 11 is 3.42. The summed E-state index contributed by atoms with van der Waals surface area (Å²) in [6.45, 7) is 2.33. The van der Waals surface area contributed by atoms with Crippen LogP contribution in [0, 0.1) is 6.92 Å². The van der Waals surface area contributed by atoms with Gasteiger partial charge in [-0.2, -0.15) is 0 Å². The Kier molecular flexibility index (Phi) is 4.63. The number of oxime groups is 1. The van der Waals surface area contributed by atoms with Crippen molar-refractivity contribution in [2.24, 2.45) is 10.9 Å². The number of amidine groups is 1. The van der Waals surface area contributed by atoms with Gasteiger partial charge in [-0.25, -0.2) is 0 Å². The quantitative estimate of drug-likeness (QED) is 0.389. The Morgan fingerprint density at radius 1 is 1.30 bits per heavy atom. The van der Waals surface area contributed by atoms with E-state index in [4.69, 9.17) is 15.7 Å². The van der Waals surface area contributed by atoms with Gasteiger partial charge in [0.05, 0.1) is 5.56 Å². The summed E-state index contributed by atoms with van der Waals surface area (Å²) in [7, 11) is 0. The van der Waals surface area contributed by atoms with E-state index < -0.39 is 0 Å². The van der Waals surface area contributed by atoms with Crippen LogP contribution >= 0.6 is 15.9 Å². The Morgan fingerprint density at radius 2 is 2.05 bits per heavy atom. The van der Waals surface area contributed by atoms with Gasteiger partial charge in [-0.15, -0.1) is 0 Å². The van der Waals surface area contributed by atoms with Gasteiger partial charge < -0.3 is 15.7 Å². The molecule has 0 saturated heterocycles. The first-order valence-corrected chi connectivity index (χ1v) is 6.86. The molecule has 0 spiro atoms. The Hall–Kier alpha value is -2.01. The predicted octanol–water partition coefficient (Wildman–Crippen LogP) is 3.43. The maximum atomic E-state index is 8.83. The SMILES string of the molecule is Cc1cccc(/C(N)=N/O)c1OCc1cccc(Br)c1. The standard InChI is InChI=1S/C15H15BrN2O2/c1-10-4-2-7-13(15(17)18-19)14(10)20-9-11-5-3-6-12(16)8-11/h2-8,19H,9H2,1H3,(H2,17,18). The fourth-order valence-electron chi connectivity index (χ4n) is 1.88. The van der Waals surface area contributed by atoms with Gasteiger partial charge in [-0.05, 0) is 36.2 Å². The molecule has 2 aromatic rings. The zero-order valence-electron chi connectivity index (χ0n) is 11.0. The highest BCUT2D eigenvalue weighted by atomic mass is 79.9. The number of nitrogens with zero attached hydrogens (tertiary/aromatic N) is 1. The second-order valence-electron chi connectivity index (χ2n) is 4.36. The molecule has 0 unspecified atom stereocenters. The molecule has 0 amide bonds. The maximum absolute atomic E-state index is 8.83. The van der Waals surface area contributed by atoms with Gasteiger partial charge in [0.2, 0.25) is 0 Å². The Balaban J connectivity index is 2.25. The van der Waals surface area contributed by atoms with Crippen LogP contribution < -0.4 is 10.5 Å². The molecule has 3 N–H and O–H groups in total. The molecule has 0 aliphatic rings. The molecular formula is C15H15BrN2O2. The first-order valence-electron chi connectivity index (χ1n) is 6.06. The molecule has 0 heterocycles. The molecule has 5 heteroatoms. The van der Waals surface area contributed by atoms with E-state index in [9.17, 15) is 0 Å². The van der Waals surface area contributed by atoms with Crippen molar-refractivity contribution >= 4 is 21.8 Å². The van der Waals surface area contributed by atoms with Crippen LogP contribution in [0.15, 0.2) is 52.1 Å². The van der Waals surface area contributed by atoms with Crippen molar-refractivity contribution in [3.05, 3.63) is 63.6 Å². The van der Waals surface area contributed by atoms with Gasteiger partial charge in [-0.1, -0.05) is 45.4 Å². The van der Waals surface area contributed by atoms with E-state index in [-0.39, 0.29) is 5.84 Å². The summed E-state index contributed by atoms with van der Waals surface area (Å²) in [5.41, 5.74) is 8.22. The third-order valence-electron chi connectivity index (χ3n) is 2.87. The van der Waals surface area contributed by atoms with Crippen LogP contribution in [0.2, 0.25) is 0 Å². The molecule has 0 atom stereocenters. The first-order chi connectivity index (χ1) is 9.61. The van der Waals surface area contributed by atoms with E-state index in [1.165, 1.54) is 0 Å². The van der Waals surface area contributed by atoms with Crippen LogP contribution in [-0.2, 0) is 6.61 Å². The van der Waals surface area contributed by atoms with Crippen molar-refractivity contribution < 1.29 is 9.94 Å². The number of nitrogens with two attached hydrogens (primary N) is 1. The normalized spacial score (nSPS) is 11.4. The number of para-hydroxylation sites is 1. The van der Waals surface area contributed by atoms with E-state index in [1.807, 2.05) is 43.3 Å². The molecule has 0 aliphatic carbocycles. The van der Waals surface area contributed by atoms with Crippen LogP contribution in [0.4, 0.5) is 0 Å². The average Bonchev–Trinajstić information content (AvgIpc) is 2.45. The van der Waals surface area contributed by atoms with E-state index in [0.29, 0.717) is 17.9 Å². The number of ether oxygens (including phenoxy) is 1. The van der Waals surface area contributed by atoms with Crippen LogP contribution in [0.1, 0.15) is 16.7 Å². The fourth-order valence-corrected chi connectivity index (χ4v) is 2.33. The Morgan fingerprint density at radius 3 is 2.75 bits per heavy atom. The monoisotopic (exact) mass is 334 g/mol. The van der Waals surface area contributed by atoms with Gasteiger partial charge in [0, 0.05) is 4.47 Å². The van der Waals surface area contributed by atoms with Gasteiger partial charge in [0.25, 0.3) is 0 Å². The first kappa shape index (κ1) is 14.4. The van der Waals surface area contributed by atoms with Crippen molar-refractivity contribution in [2.45, 2.75) is 13.5 Å². The predicted molar refractivity (Wildman–Crippen MR) is 82.2 cm³/mol. The number of rotatable bonds is 4. The van der Waals surface area contributed by atoms with Crippen molar-refractivity contribution in [1.82, 2.24) is 0 Å². The lowest BCUT2D eigenvalue weighted by Gasteiger charge is -2.13. The van der Waals surface area contributed by atoms with Crippen molar-refractivity contribution in [2.75, 3.05) is 0 Å². The van der Waals surface area contributed by atoms with E-state index >= 15 is 0 Å². The van der Waals surface area contributed by atoms with E-state index in [2.05, 4.69) is 21.1 Å². The van der Waals surface area contributed by atoms with Crippen LogP contribution in [0.5, 0.6) is 5.75 Å². The van der Waals surface area contributed by atoms with Crippen molar-refractivity contribution in [1.29, 1.82) is 0 Å². The number of hydrogen-bond acceptors (Lipinski definition) is 3. The molecule has 0 aromatic heterocycles. The molecular weight excluding hydrogens is 320 g/mol. The summed E-state index contributed by atoms with van der Waals surface area (Å²) in [6, 6.07) is 13.4. The largest absolute Gasteiger partial charge is 0.488 e. The smallest absolute Gasteiger partial charge is 0.173 e. The highest BCUT2D eigenvalue weighted by Gasteiger charge is 2.11. The highest BCUT2D eigenvalue weighted by molar-refractivity contribution is 9.10. The minimum absolute atomic E-state index is 0.0398. The highest BCUT2D eigenvalue weighted by Crippen LogP contribution is 2.24. The minimum Gasteiger partial charge on any atom is -0.488 e. The lowest BCUT2D eigenvalue weighted by atomic mass is 10.1. The molecule has 2 aromatic carbocycles. The third-order valence-corrected chi connectivity index (χ3v) is 3.36. The Labute approximate surface area is 126 Å². The maximum Gasteiger partial charge on any atom is 0.173 e. The molecule has 20 heavy (non-hydrogen) atoms. The zero-order valence-corrected chi connectivity index (χ0v) is 12.6. The summed E-state index contributed by atoms with van der Waals surface area (Å²) in [5.74, 6) is 0.667. The molecule has 0 saturated carbocycles. The summed E-state index contributed by atoms with van der Waals surface area (Å²) in [6.07, 6.45) is 0. The molecule has 104 valence electrons. The molecule has 2 rings (SSSR count). The van der Waals surface area contributed by atoms with E-state index in [1.54, 1.807) is 6.07 Å². The number of hydrogen-bond donors (Lipinski definition) is 2. The van der Waals surface area contributed by atoms with Crippen molar-refractivity contribution in [3.63, 3.8) is 0 Å². The topological polar surface area (TPSA) is 67.8 Å². The molecule has 4 nitrogen and oxygen atoms in total. The Bertz CT molecular complexity index is 642. The molecule has 0 bridgehead atoms. The van der Waals surface area contributed by atoms with Crippen LogP contribution in [-0.4, -0.2) is 11.0 Å². The summed E-state index contributed by atoms with van der Waals surface area (Å²) in [5, 5.41) is 11.9. The number of aryl methyl sites for hydroxylation is 1. The number of halogens is 1. The summed E-state index contributed by atoms with van der Waals surface area (Å²) < 4.78 is 6.84. The minimum atomic E-state index is 0.0398. The van der Waals surface area contributed by atoms with Gasteiger partial charge in [0.1, 0.15) is 12.4 Å². The zero-order chi connectivity index (χ0) is 14.5. The molecule has 0 radical (unpaired) electrons. The lowest BCUT2D eigenvalue weighted by Crippen LogP contribution is -2.15. The van der Waals surface area contributed by atoms with Gasteiger partial charge in [0.15, 0.2) is 5.84 Å². The number of benzene rings is 2. The molecule has 0 aliphatic heterocycles. The van der Waals surface area contributed by atoms with E-state index in [0.717, 1.165) is 15.6 Å². The van der Waals surface area contributed by atoms with Gasteiger partial charge >= 0.3 is 0 Å².